The molecular weight excluding hydrogens is 314 g/mol. The van der Waals surface area contributed by atoms with Gasteiger partial charge in [0.25, 0.3) is 11.5 Å². The van der Waals surface area contributed by atoms with Crippen molar-refractivity contribution in [2.75, 3.05) is 4.90 Å². The predicted molar refractivity (Wildman–Crippen MR) is 84.9 cm³/mol. The number of fused-ring (bicyclic) bond motifs is 1. The summed E-state index contributed by atoms with van der Waals surface area (Å²) in [7, 11) is 0. The summed E-state index contributed by atoms with van der Waals surface area (Å²) in [5.74, 6) is -2.00. The molecule has 0 aliphatic heterocycles. The summed E-state index contributed by atoms with van der Waals surface area (Å²) in [5, 5.41) is 9.32. The maximum absolute atomic E-state index is 12.7. The number of aromatic nitrogens is 4. The highest BCUT2D eigenvalue weighted by atomic mass is 16.4. The molecule has 1 aromatic carbocycles. The molecule has 0 bridgehead atoms. The minimum absolute atomic E-state index is 0.0946. The minimum Gasteiger partial charge on any atom is -0.480 e. The number of rotatable bonds is 4. The molecule has 122 valence electrons. The molecule has 24 heavy (non-hydrogen) atoms. The molecule has 2 aromatic heterocycles. The normalized spacial score (nSPS) is 12.0. The molecule has 0 saturated carbocycles. The summed E-state index contributed by atoms with van der Waals surface area (Å²) < 4.78 is 0. The summed E-state index contributed by atoms with van der Waals surface area (Å²) >= 11 is 0. The molecule has 2 heterocycles. The molecular formula is C15H13N5O4. The number of carbonyl (C=O) groups is 2. The van der Waals surface area contributed by atoms with Crippen LogP contribution in [0.25, 0.3) is 11.2 Å². The fourth-order valence-corrected chi connectivity index (χ4v) is 2.23. The lowest BCUT2D eigenvalue weighted by Crippen LogP contribution is -2.45. The number of hydrogen-bond donors (Lipinski definition) is 3. The third-order valence-corrected chi connectivity index (χ3v) is 3.50. The van der Waals surface area contributed by atoms with Gasteiger partial charge in [-0.05, 0) is 19.1 Å². The van der Waals surface area contributed by atoms with Crippen LogP contribution < -0.4 is 10.5 Å². The van der Waals surface area contributed by atoms with Crippen LogP contribution in [0.4, 0.5) is 5.95 Å². The number of aromatic amines is 2. The van der Waals surface area contributed by atoms with Crippen LogP contribution in [0.5, 0.6) is 0 Å². The predicted octanol–water partition coefficient (Wildman–Crippen LogP) is 0.766. The molecule has 0 aliphatic rings. The Morgan fingerprint density at radius 2 is 1.96 bits per heavy atom. The maximum Gasteiger partial charge on any atom is 0.326 e. The van der Waals surface area contributed by atoms with Crippen LogP contribution in [0.1, 0.15) is 17.3 Å². The monoisotopic (exact) mass is 327 g/mol. The number of amides is 1. The first kappa shape index (κ1) is 15.4. The fourth-order valence-electron chi connectivity index (χ4n) is 2.23. The zero-order valence-corrected chi connectivity index (χ0v) is 12.6. The van der Waals surface area contributed by atoms with Crippen molar-refractivity contribution < 1.29 is 14.7 Å². The van der Waals surface area contributed by atoms with E-state index in [2.05, 4.69) is 19.9 Å². The number of hydrogen-bond acceptors (Lipinski definition) is 5. The molecule has 3 aromatic rings. The Kier molecular flexibility index (Phi) is 3.82. The lowest BCUT2D eigenvalue weighted by atomic mass is 10.1. The van der Waals surface area contributed by atoms with E-state index in [9.17, 15) is 19.5 Å². The van der Waals surface area contributed by atoms with Gasteiger partial charge in [0.05, 0.1) is 6.33 Å². The Morgan fingerprint density at radius 1 is 1.25 bits per heavy atom. The van der Waals surface area contributed by atoms with E-state index in [1.165, 1.54) is 13.3 Å². The highest BCUT2D eigenvalue weighted by Gasteiger charge is 2.30. The summed E-state index contributed by atoms with van der Waals surface area (Å²) in [6.07, 6.45) is 1.29. The van der Waals surface area contributed by atoms with Crippen LogP contribution in [-0.4, -0.2) is 43.0 Å². The fraction of sp³-hybridized carbons (Fsp3) is 0.133. The number of imidazole rings is 1. The van der Waals surface area contributed by atoms with Crippen molar-refractivity contribution in [3.8, 4) is 0 Å². The molecule has 0 radical (unpaired) electrons. The van der Waals surface area contributed by atoms with Gasteiger partial charge in [-0.3, -0.25) is 19.5 Å². The lowest BCUT2D eigenvalue weighted by Gasteiger charge is -2.24. The van der Waals surface area contributed by atoms with Crippen molar-refractivity contribution in [2.45, 2.75) is 13.0 Å². The van der Waals surface area contributed by atoms with E-state index >= 15 is 0 Å². The lowest BCUT2D eigenvalue weighted by molar-refractivity contribution is -0.138. The van der Waals surface area contributed by atoms with Crippen molar-refractivity contribution in [1.82, 2.24) is 19.9 Å². The molecule has 3 rings (SSSR count). The van der Waals surface area contributed by atoms with Gasteiger partial charge in [0.1, 0.15) is 6.04 Å². The largest absolute Gasteiger partial charge is 0.480 e. The highest BCUT2D eigenvalue weighted by Crippen LogP contribution is 2.16. The minimum atomic E-state index is -1.24. The maximum atomic E-state index is 12.7. The average Bonchev–Trinajstić information content (AvgIpc) is 3.05. The van der Waals surface area contributed by atoms with Crippen molar-refractivity contribution in [3.63, 3.8) is 0 Å². The van der Waals surface area contributed by atoms with Crippen molar-refractivity contribution >= 4 is 29.0 Å². The Bertz CT molecular complexity index is 963. The van der Waals surface area contributed by atoms with Gasteiger partial charge in [0, 0.05) is 5.56 Å². The first-order valence-corrected chi connectivity index (χ1v) is 7.04. The quantitative estimate of drug-likeness (QED) is 0.648. The molecule has 9 nitrogen and oxygen atoms in total. The highest BCUT2D eigenvalue weighted by molar-refractivity contribution is 6.08. The second-order valence-corrected chi connectivity index (χ2v) is 5.05. The standard InChI is InChI=1S/C15H13N5O4/c1-8(14(23)24)20(13(22)9-5-3-2-4-6-9)15-18-11-10(12(21)19-15)16-7-17-11/h2-8H,1H3,(H,23,24)(H2,16,17,18,19,21). The van der Waals surface area contributed by atoms with E-state index in [0.717, 1.165) is 4.90 Å². The molecule has 0 fully saturated rings. The van der Waals surface area contributed by atoms with Gasteiger partial charge in [0.2, 0.25) is 5.95 Å². The third-order valence-electron chi connectivity index (χ3n) is 3.50. The Morgan fingerprint density at radius 3 is 2.62 bits per heavy atom. The van der Waals surface area contributed by atoms with Crippen LogP contribution in [0, 0.1) is 0 Å². The first-order valence-electron chi connectivity index (χ1n) is 7.04. The Balaban J connectivity index is 2.15. The van der Waals surface area contributed by atoms with E-state index in [0.29, 0.717) is 0 Å². The van der Waals surface area contributed by atoms with Crippen LogP contribution >= 0.6 is 0 Å². The molecule has 1 atom stereocenters. The smallest absolute Gasteiger partial charge is 0.326 e. The van der Waals surface area contributed by atoms with Crippen molar-refractivity contribution in [2.24, 2.45) is 0 Å². The number of benzene rings is 1. The van der Waals surface area contributed by atoms with Crippen LogP contribution in [0.15, 0.2) is 41.5 Å². The number of carbonyl (C=O) groups excluding carboxylic acids is 1. The summed E-state index contributed by atoms with van der Waals surface area (Å²) in [6.45, 7) is 1.33. The first-order chi connectivity index (χ1) is 11.5. The van der Waals surface area contributed by atoms with E-state index in [1.54, 1.807) is 30.3 Å². The van der Waals surface area contributed by atoms with Gasteiger partial charge in [-0.25, -0.2) is 9.78 Å². The molecule has 1 amide bonds. The number of carboxylic acids is 1. The van der Waals surface area contributed by atoms with Crippen molar-refractivity contribution in [3.05, 3.63) is 52.6 Å². The van der Waals surface area contributed by atoms with E-state index in [1.807, 2.05) is 0 Å². The zero-order chi connectivity index (χ0) is 17.3. The molecule has 0 spiro atoms. The summed E-state index contributed by atoms with van der Waals surface area (Å²) in [4.78, 5) is 50.2. The van der Waals surface area contributed by atoms with Crippen molar-refractivity contribution in [1.29, 1.82) is 0 Å². The van der Waals surface area contributed by atoms with E-state index in [4.69, 9.17) is 0 Å². The van der Waals surface area contributed by atoms with Crippen LogP contribution in [-0.2, 0) is 4.79 Å². The average molecular weight is 327 g/mol. The van der Waals surface area contributed by atoms with Gasteiger partial charge in [0.15, 0.2) is 11.2 Å². The van der Waals surface area contributed by atoms with E-state index < -0.39 is 23.5 Å². The number of anilines is 1. The summed E-state index contributed by atoms with van der Waals surface area (Å²) in [6, 6.07) is 6.91. The SMILES string of the molecule is CC(C(=O)O)N(C(=O)c1ccccc1)c1nc2nc[nH]c2c(=O)[nH]1. The van der Waals surface area contributed by atoms with Crippen LogP contribution in [0.2, 0.25) is 0 Å². The number of H-pyrrole nitrogens is 2. The van der Waals surface area contributed by atoms with Gasteiger partial charge < -0.3 is 10.1 Å². The topological polar surface area (TPSA) is 132 Å². The summed E-state index contributed by atoms with van der Waals surface area (Å²) in [5.41, 5.74) is -0.0302. The van der Waals surface area contributed by atoms with Gasteiger partial charge in [-0.2, -0.15) is 4.98 Å². The van der Waals surface area contributed by atoms with Crippen LogP contribution in [0.3, 0.4) is 0 Å². The molecule has 0 aliphatic carbocycles. The molecule has 9 heteroatoms. The molecule has 3 N–H and O–H groups in total. The number of aliphatic carboxylic acids is 1. The zero-order valence-electron chi connectivity index (χ0n) is 12.6. The van der Waals surface area contributed by atoms with Gasteiger partial charge in [-0.15, -0.1) is 0 Å². The molecule has 1 unspecified atom stereocenters. The Labute approximate surface area is 135 Å². The number of nitrogens with one attached hydrogen (secondary N) is 2. The number of carboxylic acid groups (broad SMARTS) is 1. The number of nitrogens with zero attached hydrogens (tertiary/aromatic N) is 3. The third kappa shape index (κ3) is 2.62. The second-order valence-electron chi connectivity index (χ2n) is 5.05. The molecule has 0 saturated heterocycles. The second kappa shape index (κ2) is 5.95. The van der Waals surface area contributed by atoms with Gasteiger partial charge in [-0.1, -0.05) is 18.2 Å². The van der Waals surface area contributed by atoms with Gasteiger partial charge >= 0.3 is 5.97 Å². The Hall–Kier alpha value is -3.49. The van der Waals surface area contributed by atoms with E-state index in [-0.39, 0.29) is 22.7 Å².